The fraction of sp³-hybridized carbons (Fsp3) is 0.312. The Bertz CT molecular complexity index is 698. The Morgan fingerprint density at radius 3 is 2.90 bits per heavy atom. The van der Waals surface area contributed by atoms with Crippen molar-refractivity contribution in [1.29, 1.82) is 0 Å². The number of hydrogen-bond donors (Lipinski definition) is 1. The maximum Gasteiger partial charge on any atom is 0.0770 e. The Labute approximate surface area is 127 Å². The molecule has 0 saturated heterocycles. The van der Waals surface area contributed by atoms with E-state index in [1.54, 1.807) is 0 Å². The van der Waals surface area contributed by atoms with Crippen LogP contribution in [0.25, 0.3) is 11.6 Å². The van der Waals surface area contributed by atoms with Crippen molar-refractivity contribution in [2.24, 2.45) is 7.05 Å². The van der Waals surface area contributed by atoms with Gasteiger partial charge in [-0.3, -0.25) is 4.68 Å². The first-order valence-electron chi connectivity index (χ1n) is 6.91. The number of aryl methyl sites for hydroxylation is 3. The zero-order chi connectivity index (χ0) is 14.3. The molecule has 0 amide bonds. The van der Waals surface area contributed by atoms with Crippen LogP contribution in [-0.2, 0) is 19.9 Å². The van der Waals surface area contributed by atoms with E-state index in [-0.39, 0.29) is 0 Å². The van der Waals surface area contributed by atoms with E-state index in [0.717, 1.165) is 40.8 Å². The van der Waals surface area contributed by atoms with Gasteiger partial charge in [0.2, 0.25) is 0 Å². The maximum atomic E-state index is 5.86. The number of halogens is 1. The van der Waals surface area contributed by atoms with Gasteiger partial charge in [-0.15, -0.1) is 0 Å². The van der Waals surface area contributed by atoms with Crippen molar-refractivity contribution in [3.63, 3.8) is 0 Å². The summed E-state index contributed by atoms with van der Waals surface area (Å²) in [6.45, 7) is 2.12. The van der Waals surface area contributed by atoms with Crippen LogP contribution in [0.3, 0.4) is 0 Å². The third kappa shape index (κ3) is 2.18. The lowest BCUT2D eigenvalue weighted by atomic mass is 10.1. The molecule has 0 spiro atoms. The highest BCUT2D eigenvalue weighted by atomic mass is 79.9. The van der Waals surface area contributed by atoms with Crippen LogP contribution < -0.4 is 5.73 Å². The highest BCUT2D eigenvalue weighted by Gasteiger charge is 2.18. The summed E-state index contributed by atoms with van der Waals surface area (Å²) in [4.78, 5) is 0. The van der Waals surface area contributed by atoms with Crippen molar-refractivity contribution in [3.05, 3.63) is 45.2 Å². The second-order valence-corrected chi connectivity index (χ2v) is 6.00. The average Bonchev–Trinajstić information content (AvgIpc) is 2.94. The second-order valence-electron chi connectivity index (χ2n) is 5.21. The van der Waals surface area contributed by atoms with Gasteiger partial charge in [-0.25, -0.2) is 0 Å². The van der Waals surface area contributed by atoms with Gasteiger partial charge in [0, 0.05) is 12.7 Å². The van der Waals surface area contributed by atoms with Crippen molar-refractivity contribution in [3.8, 4) is 0 Å². The molecular weight excluding hydrogens is 314 g/mol. The van der Waals surface area contributed by atoms with Crippen molar-refractivity contribution >= 4 is 33.3 Å². The fourth-order valence-corrected chi connectivity index (χ4v) is 3.53. The molecular formula is C16H18BrN3. The number of nitrogens with two attached hydrogens (primary N) is 1. The highest BCUT2D eigenvalue weighted by molar-refractivity contribution is 9.10. The lowest BCUT2D eigenvalue weighted by molar-refractivity contribution is 0.739. The van der Waals surface area contributed by atoms with Crippen molar-refractivity contribution in [2.45, 2.75) is 26.2 Å². The molecule has 3 rings (SSSR count). The fourth-order valence-electron chi connectivity index (χ4n) is 2.80. The van der Waals surface area contributed by atoms with E-state index in [1.807, 2.05) is 17.8 Å². The van der Waals surface area contributed by atoms with Crippen molar-refractivity contribution < 1.29 is 0 Å². The SMILES string of the molecule is CCc1nn(C)c(C=C2CCc3cc(N)ccc32)c1Br. The molecule has 1 aromatic heterocycles. The lowest BCUT2D eigenvalue weighted by Crippen LogP contribution is -1.94. The third-order valence-corrected chi connectivity index (χ3v) is 4.75. The van der Waals surface area contributed by atoms with Gasteiger partial charge in [-0.1, -0.05) is 13.0 Å². The quantitative estimate of drug-likeness (QED) is 0.850. The van der Waals surface area contributed by atoms with Crippen LogP contribution in [0, 0.1) is 0 Å². The second kappa shape index (κ2) is 5.09. The Hall–Kier alpha value is -1.55. The van der Waals surface area contributed by atoms with E-state index in [1.165, 1.54) is 16.7 Å². The van der Waals surface area contributed by atoms with Crippen molar-refractivity contribution in [1.82, 2.24) is 9.78 Å². The van der Waals surface area contributed by atoms with Gasteiger partial charge in [0.15, 0.2) is 0 Å². The Kier molecular flexibility index (Phi) is 3.42. The number of nitrogens with zero attached hydrogens (tertiary/aromatic N) is 2. The summed E-state index contributed by atoms with van der Waals surface area (Å²) in [6, 6.07) is 6.20. The molecule has 1 heterocycles. The number of benzene rings is 1. The van der Waals surface area contributed by atoms with Gasteiger partial charge >= 0.3 is 0 Å². The van der Waals surface area contributed by atoms with Crippen LogP contribution in [0.1, 0.15) is 35.9 Å². The van der Waals surface area contributed by atoms with Crippen LogP contribution in [0.2, 0.25) is 0 Å². The number of anilines is 1. The zero-order valence-electron chi connectivity index (χ0n) is 11.8. The summed E-state index contributed by atoms with van der Waals surface area (Å²) >= 11 is 3.67. The molecule has 0 radical (unpaired) electrons. The molecule has 1 aromatic carbocycles. The summed E-state index contributed by atoms with van der Waals surface area (Å²) < 4.78 is 3.06. The number of hydrogen-bond acceptors (Lipinski definition) is 2. The van der Waals surface area contributed by atoms with Crippen LogP contribution in [0.4, 0.5) is 5.69 Å². The molecule has 1 aliphatic carbocycles. The predicted octanol–water partition coefficient (Wildman–Crippen LogP) is 3.81. The van der Waals surface area contributed by atoms with E-state index in [9.17, 15) is 0 Å². The van der Waals surface area contributed by atoms with Crippen molar-refractivity contribution in [2.75, 3.05) is 5.73 Å². The van der Waals surface area contributed by atoms with Gasteiger partial charge in [0.25, 0.3) is 0 Å². The number of aromatic nitrogens is 2. The highest BCUT2D eigenvalue weighted by Crippen LogP contribution is 2.36. The molecule has 4 heteroatoms. The summed E-state index contributed by atoms with van der Waals surface area (Å²) in [5, 5.41) is 4.55. The molecule has 0 fully saturated rings. The molecule has 0 aliphatic heterocycles. The maximum absolute atomic E-state index is 5.86. The first kappa shape index (κ1) is 13.4. The van der Waals surface area contributed by atoms with Crippen LogP contribution >= 0.6 is 15.9 Å². The number of rotatable bonds is 2. The Balaban J connectivity index is 2.06. The molecule has 0 atom stereocenters. The smallest absolute Gasteiger partial charge is 0.0770 e. The molecule has 3 nitrogen and oxygen atoms in total. The minimum atomic E-state index is 0.847. The predicted molar refractivity (Wildman–Crippen MR) is 87.3 cm³/mol. The van der Waals surface area contributed by atoms with E-state index in [2.05, 4.69) is 46.2 Å². The van der Waals surface area contributed by atoms with Crippen LogP contribution in [0.5, 0.6) is 0 Å². The van der Waals surface area contributed by atoms with Crippen LogP contribution in [0.15, 0.2) is 22.7 Å². The lowest BCUT2D eigenvalue weighted by Gasteiger charge is -2.03. The summed E-state index contributed by atoms with van der Waals surface area (Å²) in [5.74, 6) is 0. The molecule has 2 N–H and O–H groups in total. The van der Waals surface area contributed by atoms with Gasteiger partial charge in [0.05, 0.1) is 15.9 Å². The first-order chi connectivity index (χ1) is 9.60. The summed E-state index contributed by atoms with van der Waals surface area (Å²) in [6.07, 6.45) is 5.32. The molecule has 0 saturated carbocycles. The Morgan fingerprint density at radius 2 is 2.20 bits per heavy atom. The average molecular weight is 332 g/mol. The zero-order valence-corrected chi connectivity index (χ0v) is 13.4. The van der Waals surface area contributed by atoms with E-state index < -0.39 is 0 Å². The van der Waals surface area contributed by atoms with E-state index in [0.29, 0.717) is 0 Å². The molecule has 0 bridgehead atoms. The van der Waals surface area contributed by atoms with Crippen LogP contribution in [-0.4, -0.2) is 9.78 Å². The first-order valence-corrected chi connectivity index (χ1v) is 7.70. The topological polar surface area (TPSA) is 43.8 Å². The number of nitrogen functional groups attached to an aromatic ring is 1. The summed E-state index contributed by atoms with van der Waals surface area (Å²) in [5.41, 5.74) is 13.0. The molecule has 104 valence electrons. The number of allylic oxidation sites excluding steroid dienone is 1. The van der Waals surface area contributed by atoms with E-state index >= 15 is 0 Å². The Morgan fingerprint density at radius 1 is 1.40 bits per heavy atom. The minimum Gasteiger partial charge on any atom is -0.399 e. The van der Waals surface area contributed by atoms with Gasteiger partial charge in [-0.05, 0) is 70.1 Å². The standard InChI is InChI=1S/C16H18BrN3/c1-3-14-16(17)15(20(2)19-14)9-11-5-4-10-8-12(18)6-7-13(10)11/h6-9H,3-5,18H2,1-2H3. The molecule has 1 aliphatic rings. The minimum absolute atomic E-state index is 0.847. The summed E-state index contributed by atoms with van der Waals surface area (Å²) in [7, 11) is 2.00. The van der Waals surface area contributed by atoms with Gasteiger partial charge < -0.3 is 5.73 Å². The third-order valence-electron chi connectivity index (χ3n) is 3.88. The molecule has 20 heavy (non-hydrogen) atoms. The monoisotopic (exact) mass is 331 g/mol. The number of fused-ring (bicyclic) bond motifs is 1. The largest absolute Gasteiger partial charge is 0.399 e. The van der Waals surface area contributed by atoms with Gasteiger partial charge in [-0.2, -0.15) is 5.10 Å². The van der Waals surface area contributed by atoms with E-state index in [4.69, 9.17) is 5.73 Å². The molecule has 2 aromatic rings. The normalized spacial score (nSPS) is 15.8. The molecule has 0 unspecified atom stereocenters. The van der Waals surface area contributed by atoms with Gasteiger partial charge in [0.1, 0.15) is 0 Å².